The highest BCUT2D eigenvalue weighted by molar-refractivity contribution is 9.10. The number of aromatic nitrogens is 4. The maximum atomic E-state index is 5.26. The number of ether oxygens (including phenoxy) is 1. The molecule has 0 N–H and O–H groups in total. The molecule has 0 unspecified atom stereocenters. The maximum Gasteiger partial charge on any atom is 0.214 e. The Morgan fingerprint density at radius 2 is 2.00 bits per heavy atom. The summed E-state index contributed by atoms with van der Waals surface area (Å²) < 4.78 is 8.00. The van der Waals surface area contributed by atoms with Crippen LogP contribution in [0.2, 0.25) is 0 Å². The lowest BCUT2D eigenvalue weighted by molar-refractivity contribution is 0.412. The summed E-state index contributed by atoms with van der Waals surface area (Å²) in [5.41, 5.74) is 4.50. The summed E-state index contributed by atoms with van der Waals surface area (Å²) in [6.45, 7) is 4.13. The average molecular weight is 405 g/mol. The molecule has 0 aliphatic heterocycles. The molecule has 1 heterocycles. The minimum Gasteiger partial charge on any atom is -0.496 e. The van der Waals surface area contributed by atoms with E-state index in [1.165, 1.54) is 11.1 Å². The predicted molar refractivity (Wildman–Crippen MR) is 98.9 cm³/mol. The first-order valence-corrected chi connectivity index (χ1v) is 9.17. The second-order valence-electron chi connectivity index (χ2n) is 5.42. The molecule has 3 aromatic rings. The molecule has 7 heteroatoms. The van der Waals surface area contributed by atoms with Crippen molar-refractivity contribution in [3.63, 3.8) is 0 Å². The van der Waals surface area contributed by atoms with Crippen molar-refractivity contribution in [1.82, 2.24) is 20.2 Å². The normalized spacial score (nSPS) is 10.8. The smallest absolute Gasteiger partial charge is 0.214 e. The van der Waals surface area contributed by atoms with Crippen molar-refractivity contribution in [3.05, 3.63) is 57.6 Å². The SMILES string of the molecule is COc1ccc(CSc2nnnn2-c2cc(C)ccc2C)cc1Br. The molecule has 0 aliphatic rings. The van der Waals surface area contributed by atoms with E-state index in [0.717, 1.165) is 32.4 Å². The first kappa shape index (κ1) is 17.0. The summed E-state index contributed by atoms with van der Waals surface area (Å²) in [4.78, 5) is 0. The van der Waals surface area contributed by atoms with E-state index < -0.39 is 0 Å². The van der Waals surface area contributed by atoms with E-state index in [4.69, 9.17) is 4.74 Å². The van der Waals surface area contributed by atoms with Gasteiger partial charge in [0.1, 0.15) is 5.75 Å². The molecule has 5 nitrogen and oxygen atoms in total. The largest absolute Gasteiger partial charge is 0.496 e. The molecule has 0 saturated carbocycles. The Labute approximate surface area is 153 Å². The Kier molecular flexibility index (Phi) is 5.20. The van der Waals surface area contributed by atoms with Gasteiger partial charge in [0, 0.05) is 5.75 Å². The van der Waals surface area contributed by atoms with Crippen LogP contribution in [0, 0.1) is 13.8 Å². The van der Waals surface area contributed by atoms with Gasteiger partial charge in [0.25, 0.3) is 0 Å². The third-order valence-corrected chi connectivity index (χ3v) is 5.23. The number of halogens is 1. The lowest BCUT2D eigenvalue weighted by Gasteiger charge is -2.09. The monoisotopic (exact) mass is 404 g/mol. The second-order valence-corrected chi connectivity index (χ2v) is 7.22. The number of hydrogen-bond donors (Lipinski definition) is 0. The van der Waals surface area contributed by atoms with Gasteiger partial charge in [-0.3, -0.25) is 0 Å². The fourth-order valence-electron chi connectivity index (χ4n) is 2.32. The molecule has 0 aliphatic carbocycles. The standard InChI is InChI=1S/C17H17BrN4OS/c1-11-4-5-12(2)15(8-11)22-17(19-20-21-22)24-10-13-6-7-16(23-3)14(18)9-13/h4-9H,10H2,1-3H3. The molecule has 3 rings (SSSR count). The van der Waals surface area contributed by atoms with Crippen LogP contribution in [0.4, 0.5) is 0 Å². The van der Waals surface area contributed by atoms with E-state index in [2.05, 4.69) is 69.6 Å². The first-order chi connectivity index (χ1) is 11.6. The Morgan fingerprint density at radius 3 is 2.75 bits per heavy atom. The van der Waals surface area contributed by atoms with Crippen molar-refractivity contribution in [2.45, 2.75) is 24.8 Å². The summed E-state index contributed by atoms with van der Waals surface area (Å²) in [7, 11) is 1.66. The molecule has 1 aromatic heterocycles. The van der Waals surface area contributed by atoms with Crippen LogP contribution in [0.25, 0.3) is 5.69 Å². The van der Waals surface area contributed by atoms with Gasteiger partial charge in [0.05, 0.1) is 17.3 Å². The van der Waals surface area contributed by atoms with E-state index in [1.54, 1.807) is 23.6 Å². The maximum absolute atomic E-state index is 5.26. The number of hydrogen-bond acceptors (Lipinski definition) is 5. The number of methoxy groups -OCH3 is 1. The fraction of sp³-hybridized carbons (Fsp3) is 0.235. The molecule has 0 fully saturated rings. The summed E-state index contributed by atoms with van der Waals surface area (Å²) in [5.74, 6) is 1.59. The topological polar surface area (TPSA) is 52.8 Å². The van der Waals surface area contributed by atoms with Gasteiger partial charge in [-0.05, 0) is 75.1 Å². The molecule has 2 aromatic carbocycles. The quantitative estimate of drug-likeness (QED) is 0.591. The summed E-state index contributed by atoms with van der Waals surface area (Å²) in [5, 5.41) is 12.9. The lowest BCUT2D eigenvalue weighted by Crippen LogP contribution is -2.02. The number of rotatable bonds is 5. The van der Waals surface area contributed by atoms with Crippen molar-refractivity contribution in [2.75, 3.05) is 7.11 Å². The van der Waals surface area contributed by atoms with Crippen molar-refractivity contribution in [3.8, 4) is 11.4 Å². The Hall–Kier alpha value is -1.86. The molecule has 0 radical (unpaired) electrons. The van der Waals surface area contributed by atoms with Gasteiger partial charge in [-0.1, -0.05) is 30.0 Å². The molecular formula is C17H17BrN4OS. The molecule has 24 heavy (non-hydrogen) atoms. The molecule has 0 atom stereocenters. The Bertz CT molecular complexity index is 866. The van der Waals surface area contributed by atoms with Crippen LogP contribution >= 0.6 is 27.7 Å². The van der Waals surface area contributed by atoms with Crippen LogP contribution in [-0.2, 0) is 5.75 Å². The van der Waals surface area contributed by atoms with Gasteiger partial charge < -0.3 is 4.74 Å². The average Bonchev–Trinajstić information content (AvgIpc) is 3.03. The number of aryl methyl sites for hydroxylation is 2. The van der Waals surface area contributed by atoms with Gasteiger partial charge in [-0.2, -0.15) is 4.68 Å². The lowest BCUT2D eigenvalue weighted by atomic mass is 10.1. The van der Waals surface area contributed by atoms with E-state index >= 15 is 0 Å². The van der Waals surface area contributed by atoms with Crippen LogP contribution in [0.1, 0.15) is 16.7 Å². The molecule has 0 saturated heterocycles. The van der Waals surface area contributed by atoms with Crippen LogP contribution in [-0.4, -0.2) is 27.3 Å². The van der Waals surface area contributed by atoms with Gasteiger partial charge in [0.2, 0.25) is 5.16 Å². The van der Waals surface area contributed by atoms with Crippen LogP contribution < -0.4 is 4.74 Å². The highest BCUT2D eigenvalue weighted by Gasteiger charge is 2.12. The summed E-state index contributed by atoms with van der Waals surface area (Å²) >= 11 is 5.12. The first-order valence-electron chi connectivity index (χ1n) is 7.39. The number of tetrazole rings is 1. The minimum absolute atomic E-state index is 0.772. The van der Waals surface area contributed by atoms with Gasteiger partial charge in [-0.15, -0.1) is 5.10 Å². The highest BCUT2D eigenvalue weighted by Crippen LogP contribution is 2.29. The zero-order chi connectivity index (χ0) is 17.1. The van der Waals surface area contributed by atoms with Crippen LogP contribution in [0.5, 0.6) is 5.75 Å². The minimum atomic E-state index is 0.772. The van der Waals surface area contributed by atoms with Gasteiger partial charge in [-0.25, -0.2) is 0 Å². The third-order valence-electron chi connectivity index (χ3n) is 3.62. The zero-order valence-electron chi connectivity index (χ0n) is 13.7. The van der Waals surface area contributed by atoms with Crippen molar-refractivity contribution in [1.29, 1.82) is 0 Å². The Balaban J connectivity index is 1.81. The highest BCUT2D eigenvalue weighted by atomic mass is 79.9. The van der Waals surface area contributed by atoms with Crippen LogP contribution in [0.3, 0.4) is 0 Å². The van der Waals surface area contributed by atoms with Crippen LogP contribution in [0.15, 0.2) is 46.0 Å². The zero-order valence-corrected chi connectivity index (χ0v) is 16.1. The molecular weight excluding hydrogens is 388 g/mol. The third kappa shape index (κ3) is 3.62. The van der Waals surface area contributed by atoms with Crippen molar-refractivity contribution in [2.24, 2.45) is 0 Å². The molecule has 124 valence electrons. The summed E-state index contributed by atoms with van der Waals surface area (Å²) in [6.07, 6.45) is 0. The molecule has 0 amide bonds. The van der Waals surface area contributed by atoms with Crippen molar-refractivity contribution < 1.29 is 4.74 Å². The summed E-state index contributed by atoms with van der Waals surface area (Å²) in [6, 6.07) is 12.3. The van der Waals surface area contributed by atoms with E-state index in [9.17, 15) is 0 Å². The second kappa shape index (κ2) is 7.36. The van der Waals surface area contributed by atoms with Crippen molar-refractivity contribution >= 4 is 27.7 Å². The molecule has 0 spiro atoms. The number of nitrogens with zero attached hydrogens (tertiary/aromatic N) is 4. The van der Waals surface area contributed by atoms with Gasteiger partial charge in [0.15, 0.2) is 0 Å². The van der Waals surface area contributed by atoms with E-state index in [-0.39, 0.29) is 0 Å². The predicted octanol–water partition coefficient (Wildman–Crippen LogP) is 4.34. The number of thioether (sulfide) groups is 1. The Morgan fingerprint density at radius 1 is 1.17 bits per heavy atom. The number of benzene rings is 2. The molecule has 0 bridgehead atoms. The van der Waals surface area contributed by atoms with Gasteiger partial charge >= 0.3 is 0 Å². The van der Waals surface area contributed by atoms with E-state index in [1.807, 2.05) is 12.1 Å². The fourth-order valence-corrected chi connectivity index (χ4v) is 3.73. The van der Waals surface area contributed by atoms with E-state index in [0.29, 0.717) is 0 Å².